The van der Waals surface area contributed by atoms with E-state index in [0.29, 0.717) is 5.02 Å². The Morgan fingerprint density at radius 1 is 1.47 bits per heavy atom. The van der Waals surface area contributed by atoms with Gasteiger partial charge in [0.1, 0.15) is 0 Å². The third-order valence-corrected chi connectivity index (χ3v) is 2.60. The molecule has 0 fully saturated rings. The molecule has 2 N–H and O–H groups in total. The molecule has 0 saturated carbocycles. The number of benzene rings is 1. The van der Waals surface area contributed by atoms with Gasteiger partial charge in [0.05, 0.1) is 12.5 Å². The van der Waals surface area contributed by atoms with Crippen LogP contribution < -0.4 is 5.32 Å². The highest BCUT2D eigenvalue weighted by molar-refractivity contribution is 6.30. The van der Waals surface area contributed by atoms with Gasteiger partial charge in [0.2, 0.25) is 5.91 Å². The summed E-state index contributed by atoms with van der Waals surface area (Å²) in [6, 6.07) is 4.64. The van der Waals surface area contributed by atoms with Crippen molar-refractivity contribution in [2.75, 3.05) is 0 Å². The smallest absolute Gasteiger partial charge is 0.305 e. The molecule has 0 aliphatic rings. The van der Waals surface area contributed by atoms with Gasteiger partial charge < -0.3 is 10.4 Å². The Hall–Kier alpha value is -1.55. The van der Waals surface area contributed by atoms with Crippen molar-refractivity contribution in [1.82, 2.24) is 5.32 Å². The fourth-order valence-corrected chi connectivity index (χ4v) is 1.92. The standard InChI is InChI=1S/C12H14ClNO3/c1-7-5-9(13)3-4-10(7)11(6-12(16)17)14-8(2)15/h3-5,11H,6H2,1-2H3,(H,14,15)(H,16,17)/t11-/m1/s1. The highest BCUT2D eigenvalue weighted by Gasteiger charge is 2.18. The van der Waals surface area contributed by atoms with E-state index in [4.69, 9.17) is 16.7 Å². The van der Waals surface area contributed by atoms with E-state index in [0.717, 1.165) is 11.1 Å². The van der Waals surface area contributed by atoms with Crippen LogP contribution in [0.25, 0.3) is 0 Å². The molecule has 1 amide bonds. The molecule has 0 aliphatic carbocycles. The van der Waals surface area contributed by atoms with Crippen LogP contribution in [0.3, 0.4) is 0 Å². The van der Waals surface area contributed by atoms with Crippen LogP contribution in [0.4, 0.5) is 0 Å². The van der Waals surface area contributed by atoms with Crippen molar-refractivity contribution in [3.05, 3.63) is 34.3 Å². The number of amides is 1. The van der Waals surface area contributed by atoms with E-state index in [1.807, 2.05) is 6.92 Å². The van der Waals surface area contributed by atoms with Gasteiger partial charge in [0.25, 0.3) is 0 Å². The third kappa shape index (κ3) is 4.07. The quantitative estimate of drug-likeness (QED) is 0.868. The highest BCUT2D eigenvalue weighted by atomic mass is 35.5. The summed E-state index contributed by atoms with van der Waals surface area (Å²) in [5.74, 6) is -1.22. The molecule has 0 aromatic heterocycles. The van der Waals surface area contributed by atoms with E-state index in [-0.39, 0.29) is 12.3 Å². The lowest BCUT2D eigenvalue weighted by atomic mass is 9.99. The van der Waals surface area contributed by atoms with Crippen molar-refractivity contribution in [3.63, 3.8) is 0 Å². The van der Waals surface area contributed by atoms with Gasteiger partial charge in [-0.05, 0) is 30.2 Å². The first kappa shape index (κ1) is 13.5. The first-order valence-electron chi connectivity index (χ1n) is 5.15. The lowest BCUT2D eigenvalue weighted by Gasteiger charge is -2.18. The highest BCUT2D eigenvalue weighted by Crippen LogP contribution is 2.23. The van der Waals surface area contributed by atoms with Gasteiger partial charge >= 0.3 is 5.97 Å². The van der Waals surface area contributed by atoms with E-state index < -0.39 is 12.0 Å². The number of aryl methyl sites for hydroxylation is 1. The van der Waals surface area contributed by atoms with Crippen LogP contribution in [0.5, 0.6) is 0 Å². The molecule has 0 aliphatic heterocycles. The second-order valence-corrected chi connectivity index (χ2v) is 4.29. The minimum atomic E-state index is -0.960. The van der Waals surface area contributed by atoms with Gasteiger partial charge in [-0.15, -0.1) is 0 Å². The summed E-state index contributed by atoms with van der Waals surface area (Å²) in [4.78, 5) is 21.8. The summed E-state index contributed by atoms with van der Waals surface area (Å²) in [6.07, 6.45) is -0.151. The first-order chi connectivity index (χ1) is 7.90. The van der Waals surface area contributed by atoms with Crippen LogP contribution in [0.1, 0.15) is 30.5 Å². The summed E-state index contributed by atoms with van der Waals surface area (Å²) in [7, 11) is 0. The van der Waals surface area contributed by atoms with Crippen LogP contribution >= 0.6 is 11.6 Å². The maximum Gasteiger partial charge on any atom is 0.305 e. The van der Waals surface area contributed by atoms with Crippen LogP contribution in [0.15, 0.2) is 18.2 Å². The fraction of sp³-hybridized carbons (Fsp3) is 0.333. The van der Waals surface area contributed by atoms with Crippen LogP contribution in [0.2, 0.25) is 5.02 Å². The molecular weight excluding hydrogens is 242 g/mol. The Morgan fingerprint density at radius 3 is 2.59 bits per heavy atom. The zero-order valence-electron chi connectivity index (χ0n) is 9.66. The average molecular weight is 256 g/mol. The molecule has 5 heteroatoms. The van der Waals surface area contributed by atoms with Crippen molar-refractivity contribution in [3.8, 4) is 0 Å². The SMILES string of the molecule is CC(=O)N[C@H](CC(=O)O)c1ccc(Cl)cc1C. The third-order valence-electron chi connectivity index (χ3n) is 2.36. The van der Waals surface area contributed by atoms with Gasteiger partial charge in [-0.2, -0.15) is 0 Å². The maximum absolute atomic E-state index is 11.1. The van der Waals surface area contributed by atoms with Crippen molar-refractivity contribution < 1.29 is 14.7 Å². The lowest BCUT2D eigenvalue weighted by molar-refractivity contribution is -0.137. The Labute approximate surface area is 105 Å². The topological polar surface area (TPSA) is 66.4 Å². The molecule has 0 spiro atoms. The second-order valence-electron chi connectivity index (χ2n) is 3.85. The van der Waals surface area contributed by atoms with Crippen molar-refractivity contribution in [1.29, 1.82) is 0 Å². The summed E-state index contributed by atoms with van der Waals surface area (Å²) < 4.78 is 0. The Kier molecular flexibility index (Phi) is 4.52. The van der Waals surface area contributed by atoms with E-state index in [1.54, 1.807) is 18.2 Å². The molecule has 92 valence electrons. The molecule has 1 rings (SSSR count). The molecule has 0 saturated heterocycles. The number of hydrogen-bond acceptors (Lipinski definition) is 2. The van der Waals surface area contributed by atoms with E-state index >= 15 is 0 Å². The summed E-state index contributed by atoms with van der Waals surface area (Å²) in [5, 5.41) is 12.0. The summed E-state index contributed by atoms with van der Waals surface area (Å²) in [5.41, 5.74) is 1.63. The van der Waals surface area contributed by atoms with Crippen molar-refractivity contribution in [2.45, 2.75) is 26.3 Å². The second kappa shape index (κ2) is 5.68. The minimum absolute atomic E-state index is 0.151. The van der Waals surface area contributed by atoms with Gasteiger partial charge in [0, 0.05) is 11.9 Å². The van der Waals surface area contributed by atoms with E-state index in [9.17, 15) is 9.59 Å². The number of carboxylic acid groups (broad SMARTS) is 1. The first-order valence-corrected chi connectivity index (χ1v) is 5.53. The minimum Gasteiger partial charge on any atom is -0.481 e. The molecule has 0 heterocycles. The molecule has 0 radical (unpaired) electrons. The van der Waals surface area contributed by atoms with Gasteiger partial charge in [-0.25, -0.2) is 0 Å². The van der Waals surface area contributed by atoms with Crippen LogP contribution in [-0.2, 0) is 9.59 Å². The summed E-state index contributed by atoms with van der Waals surface area (Å²) in [6.45, 7) is 3.19. The number of carboxylic acids is 1. The number of nitrogens with one attached hydrogen (secondary N) is 1. The number of aliphatic carboxylic acids is 1. The van der Waals surface area contributed by atoms with Crippen molar-refractivity contribution >= 4 is 23.5 Å². The monoisotopic (exact) mass is 255 g/mol. The molecule has 0 bridgehead atoms. The Morgan fingerprint density at radius 2 is 2.12 bits per heavy atom. The zero-order valence-corrected chi connectivity index (χ0v) is 10.4. The zero-order chi connectivity index (χ0) is 13.0. The fourth-order valence-electron chi connectivity index (χ4n) is 1.69. The molecule has 1 aromatic rings. The largest absolute Gasteiger partial charge is 0.481 e. The van der Waals surface area contributed by atoms with Crippen molar-refractivity contribution in [2.24, 2.45) is 0 Å². The summed E-state index contributed by atoms with van der Waals surface area (Å²) >= 11 is 5.83. The number of rotatable bonds is 4. The van der Waals surface area contributed by atoms with E-state index in [2.05, 4.69) is 5.32 Å². The Bertz CT molecular complexity index is 429. The molecule has 1 aromatic carbocycles. The normalized spacial score (nSPS) is 11.9. The maximum atomic E-state index is 11.1. The van der Waals surface area contributed by atoms with Crippen LogP contribution in [0, 0.1) is 6.92 Å². The number of hydrogen-bond donors (Lipinski definition) is 2. The molecular formula is C12H14ClNO3. The number of carbonyl (C=O) groups excluding carboxylic acids is 1. The predicted molar refractivity (Wildman–Crippen MR) is 65.0 cm³/mol. The van der Waals surface area contributed by atoms with Gasteiger partial charge in [0.15, 0.2) is 0 Å². The number of halogens is 1. The van der Waals surface area contributed by atoms with Gasteiger partial charge in [-0.3, -0.25) is 9.59 Å². The molecule has 17 heavy (non-hydrogen) atoms. The van der Waals surface area contributed by atoms with E-state index in [1.165, 1.54) is 6.92 Å². The lowest BCUT2D eigenvalue weighted by Crippen LogP contribution is -2.28. The van der Waals surface area contributed by atoms with Crippen LogP contribution in [-0.4, -0.2) is 17.0 Å². The molecule has 0 unspecified atom stereocenters. The number of carbonyl (C=O) groups is 2. The molecule has 1 atom stereocenters. The Balaban J connectivity index is 3.02. The predicted octanol–water partition coefficient (Wildman–Crippen LogP) is 2.30. The average Bonchev–Trinajstić information content (AvgIpc) is 2.14. The molecule has 4 nitrogen and oxygen atoms in total. The van der Waals surface area contributed by atoms with Gasteiger partial charge in [-0.1, -0.05) is 17.7 Å².